The number of hydrazine groups is 1. The van der Waals surface area contributed by atoms with Gasteiger partial charge in [-0.15, -0.1) is 0 Å². The van der Waals surface area contributed by atoms with Crippen molar-refractivity contribution in [3.63, 3.8) is 0 Å². The molecule has 0 spiro atoms. The number of carbonyl (C=O) groups excluding carboxylic acids is 1. The molecule has 92 valence electrons. The molecule has 1 saturated heterocycles. The van der Waals surface area contributed by atoms with Crippen LogP contribution in [-0.4, -0.2) is 35.1 Å². The van der Waals surface area contributed by atoms with Crippen molar-refractivity contribution in [1.82, 2.24) is 15.8 Å². The summed E-state index contributed by atoms with van der Waals surface area (Å²) in [5.41, 5.74) is 3.40. The largest absolute Gasteiger partial charge is 0.304 e. The minimum absolute atomic E-state index is 0.00982. The van der Waals surface area contributed by atoms with Crippen LogP contribution in [0.25, 0.3) is 0 Å². The average molecular weight is 225 g/mol. The maximum absolute atomic E-state index is 11.6. The molecule has 0 radical (unpaired) electrons. The van der Waals surface area contributed by atoms with E-state index in [-0.39, 0.29) is 17.0 Å². The molecule has 1 rings (SSSR count). The van der Waals surface area contributed by atoms with Crippen molar-refractivity contribution < 1.29 is 4.79 Å². The van der Waals surface area contributed by atoms with Gasteiger partial charge in [0.2, 0.25) is 0 Å². The summed E-state index contributed by atoms with van der Waals surface area (Å²) < 4.78 is 0. The highest BCUT2D eigenvalue weighted by Gasteiger charge is 2.36. The van der Waals surface area contributed by atoms with Crippen molar-refractivity contribution >= 4 is 5.91 Å². The van der Waals surface area contributed by atoms with Crippen LogP contribution in [0.1, 0.15) is 34.6 Å². The van der Waals surface area contributed by atoms with Crippen molar-refractivity contribution in [3.05, 3.63) is 12.2 Å². The minimum Gasteiger partial charge on any atom is -0.304 e. The SMILES string of the molecule is C=C(C)C(=O)NN1CC(C)(C)NC(C)(C)C1. The van der Waals surface area contributed by atoms with Crippen LogP contribution in [0, 0.1) is 0 Å². The number of piperazine rings is 1. The monoisotopic (exact) mass is 225 g/mol. The van der Waals surface area contributed by atoms with Gasteiger partial charge in [0.1, 0.15) is 0 Å². The molecule has 1 fully saturated rings. The van der Waals surface area contributed by atoms with Crippen LogP contribution < -0.4 is 10.7 Å². The maximum Gasteiger partial charge on any atom is 0.260 e. The molecule has 16 heavy (non-hydrogen) atoms. The zero-order chi connectivity index (χ0) is 12.6. The predicted molar refractivity (Wildman–Crippen MR) is 65.8 cm³/mol. The standard InChI is InChI=1S/C12H23N3O/c1-9(2)10(16)13-15-7-11(3,4)14-12(5,6)8-15/h14H,1,7-8H2,2-6H3,(H,13,16). The molecule has 1 aliphatic heterocycles. The zero-order valence-electron chi connectivity index (χ0n) is 11.0. The van der Waals surface area contributed by atoms with E-state index >= 15 is 0 Å². The third-order valence-electron chi connectivity index (χ3n) is 2.50. The van der Waals surface area contributed by atoms with Gasteiger partial charge in [-0.3, -0.25) is 10.2 Å². The molecule has 0 unspecified atom stereocenters. The smallest absolute Gasteiger partial charge is 0.260 e. The van der Waals surface area contributed by atoms with Crippen molar-refractivity contribution in [2.24, 2.45) is 0 Å². The van der Waals surface area contributed by atoms with Crippen LogP contribution in [0.3, 0.4) is 0 Å². The second-order valence-corrected chi connectivity index (χ2v) is 5.97. The Bertz CT molecular complexity index is 291. The lowest BCUT2D eigenvalue weighted by Gasteiger charge is -2.48. The van der Waals surface area contributed by atoms with Gasteiger partial charge in [0, 0.05) is 29.7 Å². The third-order valence-corrected chi connectivity index (χ3v) is 2.50. The van der Waals surface area contributed by atoms with Gasteiger partial charge in [-0.05, 0) is 34.6 Å². The number of nitrogens with zero attached hydrogens (tertiary/aromatic N) is 1. The van der Waals surface area contributed by atoms with Crippen molar-refractivity contribution in [3.8, 4) is 0 Å². The second-order valence-electron chi connectivity index (χ2n) is 5.97. The summed E-state index contributed by atoms with van der Waals surface area (Å²) >= 11 is 0. The normalized spacial score (nSPS) is 23.8. The summed E-state index contributed by atoms with van der Waals surface area (Å²) in [5, 5.41) is 5.51. The lowest BCUT2D eigenvalue weighted by molar-refractivity contribution is -0.124. The van der Waals surface area contributed by atoms with Crippen LogP contribution in [-0.2, 0) is 4.79 Å². The summed E-state index contributed by atoms with van der Waals surface area (Å²) in [4.78, 5) is 11.6. The highest BCUT2D eigenvalue weighted by atomic mass is 16.2. The number of amides is 1. The van der Waals surface area contributed by atoms with E-state index in [2.05, 4.69) is 45.0 Å². The fraction of sp³-hybridized carbons (Fsp3) is 0.750. The second kappa shape index (κ2) is 4.18. The molecule has 1 heterocycles. The Morgan fingerprint density at radius 1 is 1.25 bits per heavy atom. The Labute approximate surface area is 98.0 Å². The first-order valence-electron chi connectivity index (χ1n) is 5.62. The summed E-state index contributed by atoms with van der Waals surface area (Å²) in [7, 11) is 0. The topological polar surface area (TPSA) is 44.4 Å². The van der Waals surface area contributed by atoms with Crippen LogP contribution in [0.5, 0.6) is 0 Å². The molecule has 0 aromatic carbocycles. The van der Waals surface area contributed by atoms with Gasteiger partial charge in [-0.1, -0.05) is 6.58 Å². The van der Waals surface area contributed by atoms with Gasteiger partial charge in [-0.2, -0.15) is 0 Å². The Morgan fingerprint density at radius 3 is 2.06 bits per heavy atom. The fourth-order valence-electron chi connectivity index (χ4n) is 2.32. The van der Waals surface area contributed by atoms with E-state index in [1.807, 2.05) is 5.01 Å². The number of hydrogen-bond acceptors (Lipinski definition) is 3. The molecule has 1 aliphatic rings. The van der Waals surface area contributed by atoms with Crippen LogP contribution in [0.15, 0.2) is 12.2 Å². The van der Waals surface area contributed by atoms with Crippen LogP contribution in [0.2, 0.25) is 0 Å². The Kier molecular flexibility index (Phi) is 3.45. The number of rotatable bonds is 2. The van der Waals surface area contributed by atoms with Gasteiger partial charge in [0.15, 0.2) is 0 Å². The van der Waals surface area contributed by atoms with Gasteiger partial charge < -0.3 is 5.32 Å². The Morgan fingerprint density at radius 2 is 1.69 bits per heavy atom. The lowest BCUT2D eigenvalue weighted by Crippen LogP contribution is -2.69. The van der Waals surface area contributed by atoms with Crippen molar-refractivity contribution in [2.75, 3.05) is 13.1 Å². The lowest BCUT2D eigenvalue weighted by atomic mass is 9.92. The highest BCUT2D eigenvalue weighted by Crippen LogP contribution is 2.19. The van der Waals surface area contributed by atoms with E-state index in [9.17, 15) is 4.79 Å². The van der Waals surface area contributed by atoms with E-state index in [1.165, 1.54) is 0 Å². The molecule has 0 aromatic rings. The third kappa shape index (κ3) is 3.61. The summed E-state index contributed by atoms with van der Waals surface area (Å²) in [5.74, 6) is -0.103. The molecule has 0 aromatic heterocycles. The average Bonchev–Trinajstić information content (AvgIpc) is 1.96. The number of nitrogens with one attached hydrogen (secondary N) is 2. The van der Waals surface area contributed by atoms with Crippen molar-refractivity contribution in [1.29, 1.82) is 0 Å². The summed E-state index contributed by atoms with van der Waals surface area (Å²) in [6, 6.07) is 0. The molecule has 0 aliphatic carbocycles. The van der Waals surface area contributed by atoms with E-state index < -0.39 is 0 Å². The van der Waals surface area contributed by atoms with Gasteiger partial charge in [0.05, 0.1) is 0 Å². The predicted octanol–water partition coefficient (Wildman–Crippen LogP) is 1.06. The fourth-order valence-corrected chi connectivity index (χ4v) is 2.32. The quantitative estimate of drug-likeness (QED) is 0.691. The van der Waals surface area contributed by atoms with E-state index in [0.717, 1.165) is 13.1 Å². The highest BCUT2D eigenvalue weighted by molar-refractivity contribution is 5.91. The van der Waals surface area contributed by atoms with Gasteiger partial charge in [-0.25, -0.2) is 5.01 Å². The minimum atomic E-state index is -0.103. The molecule has 2 N–H and O–H groups in total. The summed E-state index contributed by atoms with van der Waals surface area (Å²) in [6.45, 7) is 15.5. The Hall–Kier alpha value is -0.870. The first-order valence-corrected chi connectivity index (χ1v) is 5.62. The van der Waals surface area contributed by atoms with Gasteiger partial charge >= 0.3 is 0 Å². The molecular formula is C12H23N3O. The maximum atomic E-state index is 11.6. The molecule has 1 amide bonds. The molecular weight excluding hydrogens is 202 g/mol. The van der Waals surface area contributed by atoms with Crippen LogP contribution >= 0.6 is 0 Å². The number of carbonyl (C=O) groups is 1. The molecule has 4 heteroatoms. The molecule has 0 bridgehead atoms. The first kappa shape index (κ1) is 13.2. The Balaban J connectivity index is 2.68. The van der Waals surface area contributed by atoms with E-state index in [4.69, 9.17) is 0 Å². The van der Waals surface area contributed by atoms with Crippen LogP contribution in [0.4, 0.5) is 0 Å². The number of hydrogen-bond donors (Lipinski definition) is 2. The zero-order valence-corrected chi connectivity index (χ0v) is 11.0. The molecule has 0 atom stereocenters. The van der Waals surface area contributed by atoms with E-state index in [0.29, 0.717) is 5.57 Å². The van der Waals surface area contributed by atoms with E-state index in [1.54, 1.807) is 6.92 Å². The first-order chi connectivity index (χ1) is 7.11. The van der Waals surface area contributed by atoms with Crippen molar-refractivity contribution in [2.45, 2.75) is 45.7 Å². The molecule has 0 saturated carbocycles. The summed E-state index contributed by atoms with van der Waals surface area (Å²) in [6.07, 6.45) is 0. The van der Waals surface area contributed by atoms with Gasteiger partial charge in [0.25, 0.3) is 5.91 Å². The molecule has 4 nitrogen and oxygen atoms in total.